The molecule has 0 spiro atoms. The lowest BCUT2D eigenvalue weighted by Crippen LogP contribution is -2.30. The van der Waals surface area contributed by atoms with Crippen LogP contribution in [0.5, 0.6) is 5.88 Å². The molecule has 10 heteroatoms. The zero-order valence-electron chi connectivity index (χ0n) is 13.4. The van der Waals surface area contributed by atoms with E-state index in [2.05, 4.69) is 25.3 Å². The number of nitrogens with one attached hydrogen (secondary N) is 3. The highest BCUT2D eigenvalue weighted by Crippen LogP contribution is 2.20. The minimum atomic E-state index is -3.76. The summed E-state index contributed by atoms with van der Waals surface area (Å²) in [5, 5.41) is 6.71. The van der Waals surface area contributed by atoms with E-state index in [9.17, 15) is 8.42 Å². The Labute approximate surface area is 151 Å². The third-order valence-corrected chi connectivity index (χ3v) is 5.02. The number of aromatic nitrogens is 2. The van der Waals surface area contributed by atoms with Crippen LogP contribution in [0, 0.1) is 0 Å². The van der Waals surface area contributed by atoms with Gasteiger partial charge in [0.05, 0.1) is 12.0 Å². The van der Waals surface area contributed by atoms with Gasteiger partial charge in [-0.1, -0.05) is 0 Å². The molecule has 0 aliphatic heterocycles. The monoisotopic (exact) mass is 379 g/mol. The van der Waals surface area contributed by atoms with Crippen LogP contribution < -0.4 is 20.1 Å². The van der Waals surface area contributed by atoms with Gasteiger partial charge in [-0.15, -0.1) is 0 Å². The quantitative estimate of drug-likeness (QED) is 0.652. The molecule has 3 N–H and O–H groups in total. The lowest BCUT2D eigenvalue weighted by Gasteiger charge is -2.11. The average molecular weight is 379 g/mol. The highest BCUT2D eigenvalue weighted by molar-refractivity contribution is 7.92. The fraction of sp³-hybridized carbons (Fsp3) is 0.267. The number of methoxy groups -OCH3 is 1. The van der Waals surface area contributed by atoms with Crippen LogP contribution in [0.15, 0.2) is 41.6 Å². The van der Waals surface area contributed by atoms with Crippen molar-refractivity contribution >= 4 is 38.9 Å². The molecule has 0 radical (unpaired) electrons. The highest BCUT2D eigenvalue weighted by atomic mass is 32.2. The first kappa shape index (κ1) is 17.4. The van der Waals surface area contributed by atoms with Crippen LogP contribution in [0.3, 0.4) is 0 Å². The third-order valence-electron chi connectivity index (χ3n) is 3.43. The maximum atomic E-state index is 12.4. The first-order valence-corrected chi connectivity index (χ1v) is 9.42. The summed E-state index contributed by atoms with van der Waals surface area (Å²) in [6.45, 7) is 0. The summed E-state index contributed by atoms with van der Waals surface area (Å²) in [4.78, 5) is 7.81. The lowest BCUT2D eigenvalue weighted by atomic mass is 10.3. The van der Waals surface area contributed by atoms with E-state index in [0.29, 0.717) is 16.8 Å². The van der Waals surface area contributed by atoms with Gasteiger partial charge in [-0.05, 0) is 49.3 Å². The molecule has 1 saturated carbocycles. The Bertz CT molecular complexity index is 867. The molecule has 2 aromatic rings. The van der Waals surface area contributed by atoms with E-state index in [4.69, 9.17) is 17.0 Å². The number of nitrogens with zero attached hydrogens (tertiary/aromatic N) is 2. The Morgan fingerprint density at radius 2 is 1.96 bits per heavy atom. The molecular formula is C15H17N5O3S2. The molecule has 0 atom stereocenters. The van der Waals surface area contributed by atoms with Gasteiger partial charge in [-0.2, -0.15) is 0 Å². The Kier molecular flexibility index (Phi) is 5.00. The summed E-state index contributed by atoms with van der Waals surface area (Å²) in [5.74, 6) is 0.396. The average Bonchev–Trinajstić information content (AvgIpc) is 3.39. The van der Waals surface area contributed by atoms with E-state index in [1.54, 1.807) is 12.1 Å². The van der Waals surface area contributed by atoms with Crippen LogP contribution in [-0.2, 0) is 10.0 Å². The molecule has 1 fully saturated rings. The first-order chi connectivity index (χ1) is 12.0. The van der Waals surface area contributed by atoms with Crippen molar-refractivity contribution < 1.29 is 13.2 Å². The fourth-order valence-corrected chi connectivity index (χ4v) is 3.28. The number of thiocarbonyl (C=S) groups is 1. The van der Waals surface area contributed by atoms with E-state index in [1.165, 1.54) is 31.6 Å². The van der Waals surface area contributed by atoms with E-state index in [1.807, 2.05) is 0 Å². The molecule has 132 valence electrons. The summed E-state index contributed by atoms with van der Waals surface area (Å²) in [6.07, 6.45) is 3.47. The van der Waals surface area contributed by atoms with Crippen LogP contribution in [0.25, 0.3) is 0 Å². The van der Waals surface area contributed by atoms with Crippen molar-refractivity contribution in [3.63, 3.8) is 0 Å². The van der Waals surface area contributed by atoms with Crippen LogP contribution in [0.1, 0.15) is 12.8 Å². The van der Waals surface area contributed by atoms with Gasteiger partial charge in [0.25, 0.3) is 10.0 Å². The number of hydrogen-bond donors (Lipinski definition) is 3. The normalized spacial score (nSPS) is 13.8. The largest absolute Gasteiger partial charge is 0.481 e. The molecule has 3 rings (SSSR count). The van der Waals surface area contributed by atoms with Gasteiger partial charge in [-0.25, -0.2) is 18.4 Å². The van der Waals surface area contributed by atoms with Crippen molar-refractivity contribution in [2.24, 2.45) is 0 Å². The maximum absolute atomic E-state index is 12.4. The third kappa shape index (κ3) is 4.77. The number of anilines is 2. The highest BCUT2D eigenvalue weighted by Gasteiger charge is 2.21. The second-order valence-corrected chi connectivity index (χ2v) is 7.54. The van der Waals surface area contributed by atoms with Gasteiger partial charge in [0.2, 0.25) is 5.88 Å². The SMILES string of the molecule is COc1cc(NS(=O)(=O)c2ccc(NC(=S)NC3CC3)cc2)ncn1. The second-order valence-electron chi connectivity index (χ2n) is 5.45. The Balaban J connectivity index is 1.68. The molecule has 1 heterocycles. The summed E-state index contributed by atoms with van der Waals surface area (Å²) in [7, 11) is -2.33. The molecule has 8 nitrogen and oxygen atoms in total. The van der Waals surface area contributed by atoms with Gasteiger partial charge in [-0.3, -0.25) is 4.72 Å². The predicted octanol–water partition coefficient (Wildman–Crippen LogP) is 1.73. The number of ether oxygens (including phenoxy) is 1. The van der Waals surface area contributed by atoms with Crippen LogP contribution in [-0.4, -0.2) is 36.6 Å². The van der Waals surface area contributed by atoms with Crippen molar-refractivity contribution in [2.75, 3.05) is 17.1 Å². The summed E-state index contributed by atoms with van der Waals surface area (Å²) < 4.78 is 32.2. The minimum Gasteiger partial charge on any atom is -0.481 e. The maximum Gasteiger partial charge on any atom is 0.263 e. The van der Waals surface area contributed by atoms with Crippen LogP contribution >= 0.6 is 12.2 Å². The predicted molar refractivity (Wildman–Crippen MR) is 98.2 cm³/mol. The molecule has 1 aliphatic rings. The Morgan fingerprint density at radius 1 is 1.24 bits per heavy atom. The lowest BCUT2D eigenvalue weighted by molar-refractivity contribution is 0.397. The van der Waals surface area contributed by atoms with Gasteiger partial charge in [0, 0.05) is 17.8 Å². The molecule has 1 aliphatic carbocycles. The zero-order chi connectivity index (χ0) is 17.9. The molecule has 25 heavy (non-hydrogen) atoms. The molecule has 1 aromatic carbocycles. The molecule has 0 amide bonds. The summed E-state index contributed by atoms with van der Waals surface area (Å²) >= 11 is 5.19. The first-order valence-electron chi connectivity index (χ1n) is 7.53. The summed E-state index contributed by atoms with van der Waals surface area (Å²) in [5.41, 5.74) is 0.709. The number of benzene rings is 1. The smallest absolute Gasteiger partial charge is 0.263 e. The second kappa shape index (κ2) is 7.19. The van der Waals surface area contributed by atoms with E-state index in [-0.39, 0.29) is 16.6 Å². The van der Waals surface area contributed by atoms with E-state index >= 15 is 0 Å². The topological polar surface area (TPSA) is 105 Å². The van der Waals surface area contributed by atoms with Crippen molar-refractivity contribution in [2.45, 2.75) is 23.8 Å². The van der Waals surface area contributed by atoms with Gasteiger partial charge >= 0.3 is 0 Å². The van der Waals surface area contributed by atoms with Gasteiger partial charge in [0.1, 0.15) is 12.1 Å². The fourth-order valence-electron chi connectivity index (χ4n) is 2.00. The summed E-state index contributed by atoms with van der Waals surface area (Å²) in [6, 6.07) is 8.13. The van der Waals surface area contributed by atoms with Gasteiger partial charge in [0.15, 0.2) is 5.11 Å². The van der Waals surface area contributed by atoms with E-state index in [0.717, 1.165) is 12.8 Å². The zero-order valence-corrected chi connectivity index (χ0v) is 15.0. The van der Waals surface area contributed by atoms with Crippen molar-refractivity contribution in [1.29, 1.82) is 0 Å². The number of rotatable bonds is 6. The number of sulfonamides is 1. The molecule has 0 saturated heterocycles. The molecule has 1 aromatic heterocycles. The van der Waals surface area contributed by atoms with Crippen molar-refractivity contribution in [3.05, 3.63) is 36.7 Å². The van der Waals surface area contributed by atoms with Crippen LogP contribution in [0.2, 0.25) is 0 Å². The molecule has 0 unspecified atom stereocenters. The van der Waals surface area contributed by atoms with E-state index < -0.39 is 10.0 Å². The standard InChI is InChI=1S/C15H17N5O3S2/c1-23-14-8-13(16-9-17-14)20-25(21,22)12-6-4-11(5-7-12)19-15(24)18-10-2-3-10/h4-10H,2-3H2,1H3,(H,16,17,20)(H2,18,19,24). The molecule has 0 bridgehead atoms. The minimum absolute atomic E-state index is 0.108. The van der Waals surface area contributed by atoms with Crippen molar-refractivity contribution in [1.82, 2.24) is 15.3 Å². The van der Waals surface area contributed by atoms with Gasteiger partial charge < -0.3 is 15.4 Å². The Hall–Kier alpha value is -2.46. The van der Waals surface area contributed by atoms with Crippen LogP contribution in [0.4, 0.5) is 11.5 Å². The Morgan fingerprint density at radius 3 is 2.60 bits per heavy atom. The molecular weight excluding hydrogens is 362 g/mol. The number of hydrogen-bond acceptors (Lipinski definition) is 6. The van der Waals surface area contributed by atoms with Crippen molar-refractivity contribution in [3.8, 4) is 5.88 Å².